The minimum atomic E-state index is -0.741. The van der Waals surface area contributed by atoms with E-state index in [0.717, 1.165) is 37.2 Å². The number of ketones is 1. The number of nitrogens with zero attached hydrogens (tertiary/aromatic N) is 1. The molecule has 0 aromatic heterocycles. The van der Waals surface area contributed by atoms with E-state index >= 15 is 0 Å². The molecule has 0 saturated carbocycles. The van der Waals surface area contributed by atoms with E-state index < -0.39 is 23.5 Å². The predicted octanol–water partition coefficient (Wildman–Crippen LogP) is 3.01. The molecule has 1 aliphatic heterocycles. The van der Waals surface area contributed by atoms with Crippen molar-refractivity contribution < 1.29 is 24.3 Å². The van der Waals surface area contributed by atoms with Crippen LogP contribution in [0.4, 0.5) is 0 Å². The summed E-state index contributed by atoms with van der Waals surface area (Å²) >= 11 is 6.25. The fourth-order valence-corrected chi connectivity index (χ4v) is 4.83. The van der Waals surface area contributed by atoms with Gasteiger partial charge in [-0.15, -0.1) is 0 Å². The minimum Gasteiger partial charge on any atom is -0.872 e. The van der Waals surface area contributed by atoms with Gasteiger partial charge in [0.1, 0.15) is 5.75 Å². The molecule has 1 amide bonds. The number of likely N-dealkylation sites (tertiary alicyclic amines) is 1. The van der Waals surface area contributed by atoms with Crippen LogP contribution >= 0.6 is 11.6 Å². The van der Waals surface area contributed by atoms with Gasteiger partial charge in [-0.2, -0.15) is 0 Å². The zero-order chi connectivity index (χ0) is 25.7. The topological polar surface area (TPSA) is 74.1 Å². The molecule has 1 fully saturated rings. The maximum absolute atomic E-state index is 13.6. The van der Waals surface area contributed by atoms with Gasteiger partial charge in [0.25, 0.3) is 5.91 Å². The molecule has 6 nitrogen and oxygen atoms in total. The number of carbonyl (C=O) groups is 2. The smallest absolute Gasteiger partial charge is 0.295 e. The van der Waals surface area contributed by atoms with Crippen molar-refractivity contribution in [3.63, 3.8) is 0 Å². The number of rotatable bonds is 10. The Morgan fingerprint density at radius 1 is 1.11 bits per heavy atom. The Morgan fingerprint density at radius 3 is 2.31 bits per heavy atom. The molecule has 0 spiro atoms. The molecule has 0 aliphatic carbocycles. The molecule has 2 aromatic carbocycles. The molecule has 35 heavy (non-hydrogen) atoms. The van der Waals surface area contributed by atoms with Crippen LogP contribution in [0, 0.1) is 0 Å². The molecular formula is C28H35ClN2O4. The van der Waals surface area contributed by atoms with E-state index in [9.17, 15) is 14.7 Å². The number of Topliss-reactive ketones (excluding diaryl/α,β-unsaturated/α-hetero) is 1. The summed E-state index contributed by atoms with van der Waals surface area (Å²) < 4.78 is 5.18. The average Bonchev–Trinajstić information content (AvgIpc) is 3.11. The summed E-state index contributed by atoms with van der Waals surface area (Å²) in [4.78, 5) is 29.3. The molecule has 7 heteroatoms. The number of carbonyl (C=O) groups excluding carboxylic acids is 2. The number of nitrogens with one attached hydrogen (secondary N) is 1. The van der Waals surface area contributed by atoms with E-state index in [2.05, 4.69) is 27.7 Å². The van der Waals surface area contributed by atoms with Crippen molar-refractivity contribution in [2.45, 2.75) is 46.1 Å². The van der Waals surface area contributed by atoms with Crippen molar-refractivity contribution in [2.24, 2.45) is 0 Å². The van der Waals surface area contributed by atoms with Crippen LogP contribution in [0.3, 0.4) is 0 Å². The molecule has 1 saturated heterocycles. The van der Waals surface area contributed by atoms with Gasteiger partial charge in [-0.3, -0.25) is 9.59 Å². The molecule has 0 bridgehead atoms. The van der Waals surface area contributed by atoms with Gasteiger partial charge in [0, 0.05) is 18.5 Å². The lowest BCUT2D eigenvalue weighted by molar-refractivity contribution is -0.896. The van der Waals surface area contributed by atoms with Crippen molar-refractivity contribution in [1.29, 1.82) is 0 Å². The van der Waals surface area contributed by atoms with Crippen molar-refractivity contribution in [3.8, 4) is 5.75 Å². The van der Waals surface area contributed by atoms with Crippen molar-refractivity contribution >= 4 is 29.1 Å². The summed E-state index contributed by atoms with van der Waals surface area (Å²) in [5.74, 6) is -1.07. The summed E-state index contributed by atoms with van der Waals surface area (Å²) in [5, 5.41) is 13.9. The molecule has 1 unspecified atom stereocenters. The van der Waals surface area contributed by atoms with Crippen LogP contribution in [0.5, 0.6) is 5.75 Å². The second-order valence-corrected chi connectivity index (χ2v) is 9.61. The first-order chi connectivity index (χ1) is 16.7. The van der Waals surface area contributed by atoms with Crippen LogP contribution in [0.15, 0.2) is 48.0 Å². The minimum absolute atomic E-state index is 0.0243. The van der Waals surface area contributed by atoms with Gasteiger partial charge in [0.15, 0.2) is 0 Å². The molecule has 1 N–H and O–H groups in total. The zero-order valence-corrected chi connectivity index (χ0v) is 21.9. The monoisotopic (exact) mass is 498 g/mol. The maximum Gasteiger partial charge on any atom is 0.295 e. The van der Waals surface area contributed by atoms with Crippen LogP contribution in [0.2, 0.25) is 5.02 Å². The number of halogens is 1. The van der Waals surface area contributed by atoms with E-state index in [4.69, 9.17) is 16.3 Å². The lowest BCUT2D eigenvalue weighted by atomic mass is 9.93. The highest BCUT2D eigenvalue weighted by Gasteiger charge is 2.44. The second kappa shape index (κ2) is 11.7. The Morgan fingerprint density at radius 2 is 1.77 bits per heavy atom. The Labute approximate surface area is 213 Å². The van der Waals surface area contributed by atoms with Gasteiger partial charge in [-0.25, -0.2) is 0 Å². The normalized spacial score (nSPS) is 17.6. The third-order valence-corrected chi connectivity index (χ3v) is 7.09. The van der Waals surface area contributed by atoms with Gasteiger partial charge in [-0.1, -0.05) is 61.5 Å². The number of methoxy groups -OCH3 is 1. The summed E-state index contributed by atoms with van der Waals surface area (Å²) in [6, 6.07) is 11.8. The number of ether oxygens (including phenoxy) is 1. The highest BCUT2D eigenvalue weighted by atomic mass is 35.5. The molecule has 1 atom stereocenters. The van der Waals surface area contributed by atoms with E-state index in [1.54, 1.807) is 17.0 Å². The van der Waals surface area contributed by atoms with Crippen LogP contribution in [-0.4, -0.2) is 49.9 Å². The van der Waals surface area contributed by atoms with Crippen LogP contribution in [0.25, 0.3) is 5.76 Å². The van der Waals surface area contributed by atoms with Crippen molar-refractivity contribution in [2.75, 3.05) is 33.3 Å². The number of amides is 1. The zero-order valence-electron chi connectivity index (χ0n) is 21.2. The molecule has 3 rings (SSSR count). The Balaban J connectivity index is 2.06. The summed E-state index contributed by atoms with van der Waals surface area (Å²) in [6.07, 6.45) is 0.743. The third-order valence-electron chi connectivity index (χ3n) is 6.79. The highest BCUT2D eigenvalue weighted by Crippen LogP contribution is 2.39. The molecule has 1 heterocycles. The molecule has 0 radical (unpaired) electrons. The first kappa shape index (κ1) is 26.8. The summed E-state index contributed by atoms with van der Waals surface area (Å²) in [6.45, 7) is 11.8. The molecule has 1 aliphatic rings. The molecule has 188 valence electrons. The third kappa shape index (κ3) is 5.71. The fourth-order valence-electron chi connectivity index (χ4n) is 4.58. The fraction of sp³-hybridized carbons (Fsp3) is 0.429. The van der Waals surface area contributed by atoms with Crippen LogP contribution in [0.1, 0.15) is 62.8 Å². The first-order valence-corrected chi connectivity index (χ1v) is 12.6. The van der Waals surface area contributed by atoms with Gasteiger partial charge in [-0.05, 0) is 48.6 Å². The van der Waals surface area contributed by atoms with Gasteiger partial charge in [0.05, 0.1) is 37.8 Å². The Kier molecular flexibility index (Phi) is 8.98. The van der Waals surface area contributed by atoms with Crippen LogP contribution in [-0.2, 0) is 9.59 Å². The van der Waals surface area contributed by atoms with Crippen molar-refractivity contribution in [3.05, 3.63) is 69.8 Å². The highest BCUT2D eigenvalue weighted by molar-refractivity contribution is 6.46. The number of hydrogen-bond acceptors (Lipinski definition) is 4. The Bertz CT molecular complexity index is 1090. The average molecular weight is 499 g/mol. The quantitative estimate of drug-likeness (QED) is 0.310. The standard InChI is InChI=1S/C28H35ClN2O4/c1-6-30(7-2)15-8-16-31-25(20-11-9-19(10-12-20)18(3)4)24(27(33)28(31)34)26(32)21-13-14-23(35-5)22(29)17-21/h9-14,17-18,25,32H,6-8,15-16H2,1-5H3/b26-24+. The van der Waals surface area contributed by atoms with Gasteiger partial charge >= 0.3 is 0 Å². The SMILES string of the molecule is CC[NH+](CC)CCCN1C(=O)C(=O)/C(=C(/[O-])c2ccc(OC)c(Cl)c2)C1c1ccc(C(C)C)cc1. The van der Waals surface area contributed by atoms with Crippen LogP contribution < -0.4 is 14.7 Å². The number of quaternary nitrogens is 1. The van der Waals surface area contributed by atoms with E-state index in [0.29, 0.717) is 18.2 Å². The predicted molar refractivity (Wildman–Crippen MR) is 136 cm³/mol. The number of hydrogen-bond donors (Lipinski definition) is 1. The van der Waals surface area contributed by atoms with E-state index in [-0.39, 0.29) is 16.2 Å². The number of benzene rings is 2. The maximum atomic E-state index is 13.6. The summed E-state index contributed by atoms with van der Waals surface area (Å²) in [7, 11) is 1.49. The second-order valence-electron chi connectivity index (χ2n) is 9.20. The lowest BCUT2D eigenvalue weighted by Gasteiger charge is -2.28. The largest absolute Gasteiger partial charge is 0.872 e. The van der Waals surface area contributed by atoms with E-state index in [1.807, 2.05) is 24.3 Å². The van der Waals surface area contributed by atoms with Gasteiger partial charge < -0.3 is 19.6 Å². The van der Waals surface area contributed by atoms with E-state index in [1.165, 1.54) is 18.1 Å². The molecular weight excluding hydrogens is 464 g/mol. The summed E-state index contributed by atoms with van der Waals surface area (Å²) in [5.41, 5.74) is 2.14. The molecule has 2 aromatic rings. The Hall–Kier alpha value is -2.83. The lowest BCUT2D eigenvalue weighted by Crippen LogP contribution is -3.11. The van der Waals surface area contributed by atoms with Crippen molar-refractivity contribution in [1.82, 2.24) is 4.90 Å². The first-order valence-electron chi connectivity index (χ1n) is 12.3. The van der Waals surface area contributed by atoms with Gasteiger partial charge in [0.2, 0.25) is 5.78 Å².